The summed E-state index contributed by atoms with van der Waals surface area (Å²) >= 11 is 6.19. The Bertz CT molecular complexity index is 937. The highest BCUT2D eigenvalue weighted by atomic mass is 35.5. The molecule has 0 saturated carbocycles. The van der Waals surface area contributed by atoms with Crippen LogP contribution >= 0.6 is 11.6 Å². The van der Waals surface area contributed by atoms with Crippen LogP contribution in [0.25, 0.3) is 11.3 Å². The maximum Gasteiger partial charge on any atom is 0.223 e. The first-order valence-corrected chi connectivity index (χ1v) is 9.46. The first-order chi connectivity index (χ1) is 13.5. The molecule has 3 aromatic rings. The van der Waals surface area contributed by atoms with Gasteiger partial charge in [0.05, 0.1) is 24.4 Å². The van der Waals surface area contributed by atoms with Crippen LogP contribution in [0, 0.1) is 0 Å². The van der Waals surface area contributed by atoms with Crippen LogP contribution in [-0.4, -0.2) is 29.9 Å². The van der Waals surface area contributed by atoms with Crippen LogP contribution in [0.3, 0.4) is 0 Å². The number of amides is 1. The van der Waals surface area contributed by atoms with Crippen LogP contribution < -0.4 is 4.74 Å². The van der Waals surface area contributed by atoms with Gasteiger partial charge in [-0.1, -0.05) is 35.9 Å². The van der Waals surface area contributed by atoms with Gasteiger partial charge < -0.3 is 14.1 Å². The van der Waals surface area contributed by atoms with Crippen LogP contribution in [0.15, 0.2) is 59.1 Å². The predicted molar refractivity (Wildman–Crippen MR) is 109 cm³/mol. The van der Waals surface area contributed by atoms with E-state index in [-0.39, 0.29) is 11.9 Å². The number of hydrogen-bond donors (Lipinski definition) is 0. The van der Waals surface area contributed by atoms with E-state index in [2.05, 4.69) is 4.98 Å². The van der Waals surface area contributed by atoms with Crippen molar-refractivity contribution in [2.24, 2.45) is 0 Å². The zero-order valence-corrected chi connectivity index (χ0v) is 16.9. The number of oxazole rings is 1. The van der Waals surface area contributed by atoms with E-state index in [0.717, 1.165) is 16.9 Å². The van der Waals surface area contributed by atoms with E-state index in [1.807, 2.05) is 56.4 Å². The van der Waals surface area contributed by atoms with Crippen LogP contribution in [0.4, 0.5) is 0 Å². The number of hydrogen-bond acceptors (Lipinski definition) is 4. The summed E-state index contributed by atoms with van der Waals surface area (Å²) in [6.07, 6.45) is 2.40. The summed E-state index contributed by atoms with van der Waals surface area (Å²) in [6.45, 7) is 2.00. The smallest absolute Gasteiger partial charge is 0.223 e. The standard InChI is InChI=1S/C22H23ClN2O3/c1-15(16-8-10-17(27-3)11-9-16)25(2)22(26)13-12-21-24-14-20(28-21)18-6-4-5-7-19(18)23/h4-11,14-15H,12-13H2,1-3H3. The quantitative estimate of drug-likeness (QED) is 0.551. The summed E-state index contributed by atoms with van der Waals surface area (Å²) < 4.78 is 11.0. The zero-order valence-electron chi connectivity index (χ0n) is 16.2. The van der Waals surface area contributed by atoms with Crippen molar-refractivity contribution in [3.8, 4) is 17.1 Å². The Kier molecular flexibility index (Phi) is 6.37. The van der Waals surface area contributed by atoms with Crippen LogP contribution in [0.2, 0.25) is 5.02 Å². The lowest BCUT2D eigenvalue weighted by molar-refractivity contribution is -0.131. The molecule has 0 bridgehead atoms. The summed E-state index contributed by atoms with van der Waals surface area (Å²) in [6, 6.07) is 15.1. The molecule has 1 heterocycles. The molecule has 1 aromatic heterocycles. The van der Waals surface area contributed by atoms with Crippen molar-refractivity contribution in [3.63, 3.8) is 0 Å². The molecule has 0 spiro atoms. The van der Waals surface area contributed by atoms with E-state index >= 15 is 0 Å². The summed E-state index contributed by atoms with van der Waals surface area (Å²) in [5, 5.41) is 0.606. The average Bonchev–Trinajstić information content (AvgIpc) is 3.20. The van der Waals surface area contributed by atoms with Gasteiger partial charge in [0.2, 0.25) is 5.91 Å². The molecule has 28 heavy (non-hydrogen) atoms. The molecule has 0 saturated heterocycles. The molecule has 0 radical (unpaired) electrons. The van der Waals surface area contributed by atoms with Crippen molar-refractivity contribution in [3.05, 3.63) is 71.2 Å². The molecule has 1 amide bonds. The van der Waals surface area contributed by atoms with Gasteiger partial charge in [0.15, 0.2) is 11.7 Å². The summed E-state index contributed by atoms with van der Waals surface area (Å²) in [5.41, 5.74) is 1.84. The fraction of sp³-hybridized carbons (Fsp3) is 0.273. The maximum atomic E-state index is 12.6. The van der Waals surface area contributed by atoms with E-state index in [4.69, 9.17) is 20.8 Å². The number of aromatic nitrogens is 1. The van der Waals surface area contributed by atoms with Gasteiger partial charge in [0, 0.05) is 25.5 Å². The average molecular weight is 399 g/mol. The minimum atomic E-state index is -0.0401. The van der Waals surface area contributed by atoms with E-state index in [0.29, 0.717) is 29.5 Å². The molecule has 1 unspecified atom stereocenters. The Morgan fingerprint density at radius 3 is 2.61 bits per heavy atom. The van der Waals surface area contributed by atoms with Gasteiger partial charge in [-0.25, -0.2) is 4.98 Å². The Labute approximate surface area is 169 Å². The van der Waals surface area contributed by atoms with E-state index in [9.17, 15) is 4.79 Å². The minimum absolute atomic E-state index is 0.0285. The van der Waals surface area contributed by atoms with Crippen molar-refractivity contribution >= 4 is 17.5 Å². The van der Waals surface area contributed by atoms with Crippen LogP contribution in [0.1, 0.15) is 30.8 Å². The van der Waals surface area contributed by atoms with Crippen LogP contribution in [-0.2, 0) is 11.2 Å². The molecule has 1 atom stereocenters. The lowest BCUT2D eigenvalue weighted by Crippen LogP contribution is -2.29. The Hall–Kier alpha value is -2.79. The number of methoxy groups -OCH3 is 1. The van der Waals surface area contributed by atoms with Crippen LogP contribution in [0.5, 0.6) is 5.75 Å². The molecule has 5 nitrogen and oxygen atoms in total. The highest BCUT2D eigenvalue weighted by Crippen LogP contribution is 2.28. The number of carbonyl (C=O) groups is 1. The van der Waals surface area contributed by atoms with Gasteiger partial charge in [-0.15, -0.1) is 0 Å². The molecule has 146 valence electrons. The van der Waals surface area contributed by atoms with Gasteiger partial charge in [0.25, 0.3) is 0 Å². The van der Waals surface area contributed by atoms with Crippen molar-refractivity contribution in [1.82, 2.24) is 9.88 Å². The lowest BCUT2D eigenvalue weighted by Gasteiger charge is -2.25. The van der Waals surface area contributed by atoms with E-state index in [1.165, 1.54) is 0 Å². The van der Waals surface area contributed by atoms with Crippen molar-refractivity contribution in [2.75, 3.05) is 14.2 Å². The predicted octanol–water partition coefficient (Wildman–Crippen LogP) is 5.16. The number of halogens is 1. The third-order valence-corrected chi connectivity index (χ3v) is 5.15. The fourth-order valence-corrected chi connectivity index (χ4v) is 3.15. The second-order valence-electron chi connectivity index (χ2n) is 6.55. The first kappa shape index (κ1) is 20.0. The molecule has 0 aliphatic rings. The summed E-state index contributed by atoms with van der Waals surface area (Å²) in [7, 11) is 3.44. The van der Waals surface area contributed by atoms with E-state index in [1.54, 1.807) is 24.3 Å². The number of carbonyl (C=O) groups excluding carboxylic acids is 1. The summed E-state index contributed by atoms with van der Waals surface area (Å²) in [4.78, 5) is 18.6. The molecular weight excluding hydrogens is 376 g/mol. The molecule has 6 heteroatoms. The van der Waals surface area contributed by atoms with Gasteiger partial charge in [0.1, 0.15) is 5.75 Å². The molecule has 3 rings (SSSR count). The zero-order chi connectivity index (χ0) is 20.1. The largest absolute Gasteiger partial charge is 0.497 e. The van der Waals surface area contributed by atoms with Gasteiger partial charge in [-0.3, -0.25) is 4.79 Å². The van der Waals surface area contributed by atoms with Crippen molar-refractivity contribution in [1.29, 1.82) is 0 Å². The highest BCUT2D eigenvalue weighted by Gasteiger charge is 2.18. The van der Waals surface area contributed by atoms with Gasteiger partial charge in [-0.05, 0) is 36.8 Å². The molecule has 2 aromatic carbocycles. The third-order valence-electron chi connectivity index (χ3n) is 4.82. The van der Waals surface area contributed by atoms with Gasteiger partial charge in [-0.2, -0.15) is 0 Å². The fourth-order valence-electron chi connectivity index (χ4n) is 2.92. The monoisotopic (exact) mass is 398 g/mol. The number of nitrogens with zero attached hydrogens (tertiary/aromatic N) is 2. The number of aryl methyl sites for hydroxylation is 1. The normalized spacial score (nSPS) is 11.9. The van der Waals surface area contributed by atoms with Crippen molar-refractivity contribution < 1.29 is 13.9 Å². The minimum Gasteiger partial charge on any atom is -0.497 e. The third kappa shape index (κ3) is 4.54. The van der Waals surface area contributed by atoms with Crippen molar-refractivity contribution in [2.45, 2.75) is 25.8 Å². The Morgan fingerprint density at radius 2 is 1.93 bits per heavy atom. The first-order valence-electron chi connectivity index (χ1n) is 9.09. The highest BCUT2D eigenvalue weighted by molar-refractivity contribution is 6.33. The van der Waals surface area contributed by atoms with E-state index < -0.39 is 0 Å². The molecule has 0 aliphatic carbocycles. The topological polar surface area (TPSA) is 55.6 Å². The number of ether oxygens (including phenoxy) is 1. The lowest BCUT2D eigenvalue weighted by atomic mass is 10.1. The number of rotatable bonds is 7. The molecule has 0 aliphatic heterocycles. The number of benzene rings is 2. The Balaban J connectivity index is 1.59. The second-order valence-corrected chi connectivity index (χ2v) is 6.96. The molecule has 0 fully saturated rings. The second kappa shape index (κ2) is 8.93. The molecular formula is C22H23ClN2O3. The summed E-state index contributed by atoms with van der Waals surface area (Å²) in [5.74, 6) is 1.95. The maximum absolute atomic E-state index is 12.6. The SMILES string of the molecule is COc1ccc(C(C)N(C)C(=O)CCc2ncc(-c3ccccc3Cl)o2)cc1. The molecule has 0 N–H and O–H groups in total. The Morgan fingerprint density at radius 1 is 1.21 bits per heavy atom. The van der Waals surface area contributed by atoms with Gasteiger partial charge >= 0.3 is 0 Å².